The predicted octanol–water partition coefficient (Wildman–Crippen LogP) is 3.70. The summed E-state index contributed by atoms with van der Waals surface area (Å²) in [5.74, 6) is 0.675. The van der Waals surface area contributed by atoms with E-state index in [9.17, 15) is 0 Å². The van der Waals surface area contributed by atoms with Crippen LogP contribution in [-0.2, 0) is 12.5 Å². The molecular weight excluding hydrogens is 360 g/mol. The summed E-state index contributed by atoms with van der Waals surface area (Å²) in [5.41, 5.74) is 1.91. The average molecular weight is 374 g/mol. The molecule has 0 saturated carbocycles. The van der Waals surface area contributed by atoms with E-state index in [0.717, 1.165) is 20.5 Å². The lowest BCUT2D eigenvalue weighted by Gasteiger charge is -2.16. The first-order valence-electron chi connectivity index (χ1n) is 5.52. The summed E-state index contributed by atoms with van der Waals surface area (Å²) >= 11 is 6.77. The van der Waals surface area contributed by atoms with Crippen molar-refractivity contribution >= 4 is 31.9 Å². The van der Waals surface area contributed by atoms with Crippen LogP contribution in [0, 0.1) is 0 Å². The van der Waals surface area contributed by atoms with Gasteiger partial charge in [-0.05, 0) is 31.9 Å². The molecule has 0 aromatic carbocycles. The summed E-state index contributed by atoms with van der Waals surface area (Å²) < 4.78 is 3.31. The smallest absolute Gasteiger partial charge is 0.165 e. The van der Waals surface area contributed by atoms with Crippen molar-refractivity contribution in [3.05, 3.63) is 27.2 Å². The van der Waals surface area contributed by atoms with E-state index in [1.54, 1.807) is 4.68 Å². The molecule has 0 aliphatic carbocycles. The first kappa shape index (κ1) is 13.7. The Morgan fingerprint density at radius 1 is 1.11 bits per heavy atom. The molecule has 2 aromatic rings. The van der Waals surface area contributed by atoms with Crippen LogP contribution in [0.4, 0.5) is 0 Å². The fourth-order valence-electron chi connectivity index (χ4n) is 1.72. The van der Waals surface area contributed by atoms with Crippen molar-refractivity contribution in [2.75, 3.05) is 0 Å². The maximum absolute atomic E-state index is 4.52. The molecule has 0 amide bonds. The number of aromatic nitrogens is 4. The standard InChI is InChI=1S/C12H14Br2N4/c1-12(2,3)10-7(6-18(4)17-10)11-15-8(13)5-9(14)16-11/h5-6H,1-4H3. The Labute approximate surface area is 123 Å². The van der Waals surface area contributed by atoms with Gasteiger partial charge in [0.25, 0.3) is 0 Å². The Morgan fingerprint density at radius 2 is 1.67 bits per heavy atom. The Hall–Kier alpha value is -0.750. The predicted molar refractivity (Wildman–Crippen MR) is 78.3 cm³/mol. The molecule has 0 radical (unpaired) electrons. The largest absolute Gasteiger partial charge is 0.275 e. The van der Waals surface area contributed by atoms with Crippen LogP contribution in [-0.4, -0.2) is 19.7 Å². The fraction of sp³-hybridized carbons (Fsp3) is 0.417. The minimum absolute atomic E-state index is 0.0469. The lowest BCUT2D eigenvalue weighted by molar-refractivity contribution is 0.554. The van der Waals surface area contributed by atoms with Crippen LogP contribution >= 0.6 is 31.9 Å². The Kier molecular flexibility index (Phi) is 3.60. The number of aryl methyl sites for hydroxylation is 1. The van der Waals surface area contributed by atoms with Crippen molar-refractivity contribution in [3.63, 3.8) is 0 Å². The highest BCUT2D eigenvalue weighted by molar-refractivity contribution is 9.11. The molecule has 0 aliphatic heterocycles. The van der Waals surface area contributed by atoms with E-state index in [-0.39, 0.29) is 5.41 Å². The van der Waals surface area contributed by atoms with Gasteiger partial charge in [-0.2, -0.15) is 5.10 Å². The zero-order valence-corrected chi connectivity index (χ0v) is 13.9. The van der Waals surface area contributed by atoms with Crippen molar-refractivity contribution in [1.82, 2.24) is 19.7 Å². The SMILES string of the molecule is Cn1cc(-c2nc(Br)cc(Br)n2)c(C(C)(C)C)n1. The van der Waals surface area contributed by atoms with E-state index in [1.807, 2.05) is 19.3 Å². The highest BCUT2D eigenvalue weighted by Gasteiger charge is 2.24. The molecule has 18 heavy (non-hydrogen) atoms. The summed E-state index contributed by atoms with van der Waals surface area (Å²) in [5, 5.41) is 4.52. The first-order chi connectivity index (χ1) is 8.27. The summed E-state index contributed by atoms with van der Waals surface area (Å²) in [6.45, 7) is 6.39. The van der Waals surface area contributed by atoms with Gasteiger partial charge in [-0.1, -0.05) is 20.8 Å². The van der Waals surface area contributed by atoms with E-state index in [0.29, 0.717) is 5.82 Å². The van der Waals surface area contributed by atoms with Crippen LogP contribution in [0.25, 0.3) is 11.4 Å². The second-order valence-corrected chi connectivity index (χ2v) is 6.78. The molecule has 0 bridgehead atoms. The summed E-state index contributed by atoms with van der Waals surface area (Å²) in [7, 11) is 1.91. The van der Waals surface area contributed by atoms with E-state index in [1.165, 1.54) is 0 Å². The number of hydrogen-bond donors (Lipinski definition) is 0. The van der Waals surface area contributed by atoms with Crippen molar-refractivity contribution in [3.8, 4) is 11.4 Å². The third-order valence-electron chi connectivity index (χ3n) is 2.44. The molecule has 0 N–H and O–H groups in total. The molecule has 2 rings (SSSR count). The van der Waals surface area contributed by atoms with Crippen LogP contribution in [0.3, 0.4) is 0 Å². The second-order valence-electron chi connectivity index (χ2n) is 5.15. The van der Waals surface area contributed by atoms with E-state index in [2.05, 4.69) is 67.7 Å². The minimum atomic E-state index is -0.0469. The van der Waals surface area contributed by atoms with Gasteiger partial charge in [-0.3, -0.25) is 4.68 Å². The Bertz CT molecular complexity index is 564. The zero-order chi connectivity index (χ0) is 13.5. The molecule has 2 heterocycles. The molecule has 0 unspecified atom stereocenters. The highest BCUT2D eigenvalue weighted by atomic mass is 79.9. The molecular formula is C12H14Br2N4. The van der Waals surface area contributed by atoms with Gasteiger partial charge in [-0.15, -0.1) is 0 Å². The van der Waals surface area contributed by atoms with Crippen molar-refractivity contribution in [2.45, 2.75) is 26.2 Å². The van der Waals surface area contributed by atoms with Crippen LogP contribution in [0.15, 0.2) is 21.5 Å². The zero-order valence-electron chi connectivity index (χ0n) is 10.7. The summed E-state index contributed by atoms with van der Waals surface area (Å²) in [4.78, 5) is 8.83. The summed E-state index contributed by atoms with van der Waals surface area (Å²) in [6, 6.07) is 1.82. The van der Waals surface area contributed by atoms with Crippen molar-refractivity contribution in [2.24, 2.45) is 7.05 Å². The third-order valence-corrected chi connectivity index (χ3v) is 3.26. The number of halogens is 2. The van der Waals surface area contributed by atoms with E-state index >= 15 is 0 Å². The third kappa shape index (κ3) is 2.80. The Balaban J connectivity index is 2.63. The van der Waals surface area contributed by atoms with Gasteiger partial charge in [0.15, 0.2) is 5.82 Å². The van der Waals surface area contributed by atoms with Gasteiger partial charge >= 0.3 is 0 Å². The van der Waals surface area contributed by atoms with Gasteiger partial charge in [0.05, 0.1) is 11.3 Å². The molecule has 0 fully saturated rings. The minimum Gasteiger partial charge on any atom is -0.275 e. The van der Waals surface area contributed by atoms with Crippen molar-refractivity contribution < 1.29 is 0 Å². The monoisotopic (exact) mass is 372 g/mol. The second kappa shape index (κ2) is 4.74. The van der Waals surface area contributed by atoms with Crippen LogP contribution in [0.1, 0.15) is 26.5 Å². The maximum atomic E-state index is 4.52. The summed E-state index contributed by atoms with van der Waals surface area (Å²) in [6.07, 6.45) is 1.95. The molecule has 0 spiro atoms. The molecule has 6 heteroatoms. The maximum Gasteiger partial charge on any atom is 0.165 e. The van der Waals surface area contributed by atoms with Crippen LogP contribution in [0.5, 0.6) is 0 Å². The van der Waals surface area contributed by atoms with Gasteiger partial charge in [0.1, 0.15) is 9.21 Å². The van der Waals surface area contributed by atoms with Crippen molar-refractivity contribution in [1.29, 1.82) is 0 Å². The van der Waals surface area contributed by atoms with Gasteiger partial charge in [-0.25, -0.2) is 9.97 Å². The topological polar surface area (TPSA) is 43.6 Å². The van der Waals surface area contributed by atoms with Gasteiger partial charge in [0.2, 0.25) is 0 Å². The van der Waals surface area contributed by atoms with Gasteiger partial charge in [0, 0.05) is 24.7 Å². The average Bonchev–Trinajstić information content (AvgIpc) is 2.58. The highest BCUT2D eigenvalue weighted by Crippen LogP contribution is 2.31. The quantitative estimate of drug-likeness (QED) is 0.716. The van der Waals surface area contributed by atoms with E-state index < -0.39 is 0 Å². The number of hydrogen-bond acceptors (Lipinski definition) is 3. The fourth-order valence-corrected chi connectivity index (χ4v) is 2.79. The molecule has 0 atom stereocenters. The Morgan fingerprint density at radius 3 is 2.17 bits per heavy atom. The molecule has 96 valence electrons. The van der Waals surface area contributed by atoms with Gasteiger partial charge < -0.3 is 0 Å². The molecule has 4 nitrogen and oxygen atoms in total. The first-order valence-corrected chi connectivity index (χ1v) is 7.10. The molecule has 0 saturated heterocycles. The lowest BCUT2D eigenvalue weighted by atomic mass is 9.89. The number of rotatable bonds is 1. The number of nitrogens with zero attached hydrogens (tertiary/aromatic N) is 4. The van der Waals surface area contributed by atoms with Crippen LogP contribution < -0.4 is 0 Å². The van der Waals surface area contributed by atoms with Crippen LogP contribution in [0.2, 0.25) is 0 Å². The molecule has 2 aromatic heterocycles. The van der Waals surface area contributed by atoms with E-state index in [4.69, 9.17) is 0 Å². The normalized spacial score (nSPS) is 11.9. The molecule has 0 aliphatic rings. The lowest BCUT2D eigenvalue weighted by Crippen LogP contribution is -2.14.